The molecule has 0 radical (unpaired) electrons. The Balaban J connectivity index is 2.75. The predicted octanol–water partition coefficient (Wildman–Crippen LogP) is 2.46. The van der Waals surface area contributed by atoms with Crippen LogP contribution in [0.4, 0.5) is 0 Å². The number of hydrogen-bond acceptors (Lipinski definition) is 2. The van der Waals surface area contributed by atoms with Gasteiger partial charge in [-0.3, -0.25) is 4.79 Å². The number of nitrogens with zero attached hydrogens (tertiary/aromatic N) is 1. The summed E-state index contributed by atoms with van der Waals surface area (Å²) >= 11 is 0. The molecule has 0 heterocycles. The minimum Gasteiger partial charge on any atom is -0.481 e. The lowest BCUT2D eigenvalue weighted by Gasteiger charge is -2.08. The molecule has 3 nitrogen and oxygen atoms in total. The predicted molar refractivity (Wildman–Crippen MR) is 61.0 cm³/mol. The number of carboxylic acids is 1. The van der Waals surface area contributed by atoms with E-state index in [1.54, 1.807) is 0 Å². The van der Waals surface area contributed by atoms with Gasteiger partial charge in [0.25, 0.3) is 0 Å². The van der Waals surface area contributed by atoms with Crippen LogP contribution in [0, 0.1) is 31.1 Å². The van der Waals surface area contributed by atoms with Gasteiger partial charge in [0.05, 0.1) is 18.4 Å². The van der Waals surface area contributed by atoms with Crippen LogP contribution in [0.5, 0.6) is 0 Å². The minimum atomic E-state index is -0.921. The lowest BCUT2D eigenvalue weighted by atomic mass is 9.95. The SMILES string of the molecule is Cc1ccc(CC(C#N)CC(=O)O)cc1C. The van der Waals surface area contributed by atoms with Crippen LogP contribution in [0.15, 0.2) is 18.2 Å². The maximum absolute atomic E-state index is 10.5. The van der Waals surface area contributed by atoms with Crippen LogP contribution in [0.1, 0.15) is 23.1 Å². The fourth-order valence-electron chi connectivity index (χ4n) is 1.59. The molecule has 1 rings (SSSR count). The van der Waals surface area contributed by atoms with Gasteiger partial charge in [-0.2, -0.15) is 5.26 Å². The molecular weight excluding hydrogens is 202 g/mol. The molecule has 1 unspecified atom stereocenters. The standard InChI is InChI=1S/C13H15NO2/c1-9-3-4-11(5-10(9)2)6-12(8-14)7-13(15)16/h3-5,12H,6-7H2,1-2H3,(H,15,16). The highest BCUT2D eigenvalue weighted by atomic mass is 16.4. The van der Waals surface area contributed by atoms with E-state index in [0.29, 0.717) is 6.42 Å². The Morgan fingerprint density at radius 3 is 2.62 bits per heavy atom. The monoisotopic (exact) mass is 217 g/mol. The summed E-state index contributed by atoms with van der Waals surface area (Å²) in [6, 6.07) is 8.00. The van der Waals surface area contributed by atoms with Crippen molar-refractivity contribution in [2.24, 2.45) is 5.92 Å². The summed E-state index contributed by atoms with van der Waals surface area (Å²) in [5.74, 6) is -1.37. The molecule has 1 atom stereocenters. The molecule has 0 bridgehead atoms. The number of aliphatic carboxylic acids is 1. The topological polar surface area (TPSA) is 61.1 Å². The van der Waals surface area contributed by atoms with Crippen LogP contribution in [0.25, 0.3) is 0 Å². The molecule has 0 amide bonds. The van der Waals surface area contributed by atoms with Gasteiger partial charge in [0.1, 0.15) is 0 Å². The maximum atomic E-state index is 10.5. The Hall–Kier alpha value is -1.82. The molecule has 1 N–H and O–H groups in total. The second kappa shape index (κ2) is 5.32. The van der Waals surface area contributed by atoms with Gasteiger partial charge in [-0.15, -0.1) is 0 Å². The van der Waals surface area contributed by atoms with E-state index in [1.807, 2.05) is 38.1 Å². The average molecular weight is 217 g/mol. The van der Waals surface area contributed by atoms with Crippen LogP contribution in [-0.2, 0) is 11.2 Å². The molecule has 1 aromatic rings. The molecule has 3 heteroatoms. The summed E-state index contributed by atoms with van der Waals surface area (Å²) in [6.07, 6.45) is 0.410. The second-order valence-electron chi connectivity index (χ2n) is 4.05. The summed E-state index contributed by atoms with van der Waals surface area (Å²) in [7, 11) is 0. The van der Waals surface area contributed by atoms with Gasteiger partial charge in [-0.05, 0) is 37.0 Å². The largest absolute Gasteiger partial charge is 0.481 e. The van der Waals surface area contributed by atoms with E-state index in [4.69, 9.17) is 10.4 Å². The van der Waals surface area contributed by atoms with E-state index in [-0.39, 0.29) is 6.42 Å². The van der Waals surface area contributed by atoms with Crippen molar-refractivity contribution in [2.45, 2.75) is 26.7 Å². The second-order valence-corrected chi connectivity index (χ2v) is 4.05. The van der Waals surface area contributed by atoms with Gasteiger partial charge in [0.15, 0.2) is 0 Å². The van der Waals surface area contributed by atoms with Crippen molar-refractivity contribution >= 4 is 5.97 Å². The Morgan fingerprint density at radius 2 is 2.12 bits per heavy atom. The van der Waals surface area contributed by atoms with Gasteiger partial charge in [-0.25, -0.2) is 0 Å². The first kappa shape index (κ1) is 12.3. The van der Waals surface area contributed by atoms with Crippen molar-refractivity contribution in [1.29, 1.82) is 5.26 Å². The number of hydrogen-bond donors (Lipinski definition) is 1. The molecule has 84 valence electrons. The number of benzene rings is 1. The highest BCUT2D eigenvalue weighted by molar-refractivity contribution is 5.67. The first-order valence-corrected chi connectivity index (χ1v) is 5.20. The van der Waals surface area contributed by atoms with Crippen molar-refractivity contribution in [3.05, 3.63) is 34.9 Å². The summed E-state index contributed by atoms with van der Waals surface area (Å²) in [6.45, 7) is 4.04. The summed E-state index contributed by atoms with van der Waals surface area (Å²) in [4.78, 5) is 10.5. The number of carboxylic acid groups (broad SMARTS) is 1. The van der Waals surface area contributed by atoms with E-state index in [1.165, 1.54) is 11.1 Å². The molecule has 0 fully saturated rings. The quantitative estimate of drug-likeness (QED) is 0.842. The van der Waals surface area contributed by atoms with Gasteiger partial charge in [-0.1, -0.05) is 18.2 Å². The minimum absolute atomic E-state index is 0.0938. The number of aryl methyl sites for hydroxylation is 2. The van der Waals surface area contributed by atoms with Crippen molar-refractivity contribution in [1.82, 2.24) is 0 Å². The first-order chi connectivity index (χ1) is 7.52. The lowest BCUT2D eigenvalue weighted by molar-refractivity contribution is -0.137. The number of carbonyl (C=O) groups is 1. The van der Waals surface area contributed by atoms with Crippen molar-refractivity contribution < 1.29 is 9.90 Å². The lowest BCUT2D eigenvalue weighted by Crippen LogP contribution is -2.08. The maximum Gasteiger partial charge on any atom is 0.304 e. The van der Waals surface area contributed by atoms with Crippen molar-refractivity contribution in [3.8, 4) is 6.07 Å². The normalized spacial score (nSPS) is 11.8. The number of rotatable bonds is 4. The highest BCUT2D eigenvalue weighted by Gasteiger charge is 2.13. The Morgan fingerprint density at radius 1 is 1.44 bits per heavy atom. The summed E-state index contributed by atoms with van der Waals surface area (Å²) in [5, 5.41) is 17.5. The fourth-order valence-corrected chi connectivity index (χ4v) is 1.59. The van der Waals surface area contributed by atoms with Crippen LogP contribution in [0.2, 0.25) is 0 Å². The Kier molecular flexibility index (Phi) is 4.07. The average Bonchev–Trinajstić information content (AvgIpc) is 2.22. The van der Waals surface area contributed by atoms with E-state index in [0.717, 1.165) is 5.56 Å². The highest BCUT2D eigenvalue weighted by Crippen LogP contribution is 2.15. The van der Waals surface area contributed by atoms with E-state index < -0.39 is 11.9 Å². The van der Waals surface area contributed by atoms with Crippen LogP contribution >= 0.6 is 0 Å². The third-order valence-electron chi connectivity index (χ3n) is 2.66. The zero-order valence-corrected chi connectivity index (χ0v) is 9.53. The Bertz CT molecular complexity index is 432. The fraction of sp³-hybridized carbons (Fsp3) is 0.385. The van der Waals surface area contributed by atoms with E-state index >= 15 is 0 Å². The molecule has 0 aliphatic heterocycles. The van der Waals surface area contributed by atoms with Gasteiger partial charge < -0.3 is 5.11 Å². The molecule has 1 aromatic carbocycles. The van der Waals surface area contributed by atoms with Gasteiger partial charge in [0, 0.05) is 0 Å². The van der Waals surface area contributed by atoms with Crippen LogP contribution in [0.3, 0.4) is 0 Å². The molecule has 0 saturated carbocycles. The third-order valence-corrected chi connectivity index (χ3v) is 2.66. The number of nitriles is 1. The summed E-state index contributed by atoms with van der Waals surface area (Å²) in [5.41, 5.74) is 3.40. The zero-order valence-electron chi connectivity index (χ0n) is 9.53. The first-order valence-electron chi connectivity index (χ1n) is 5.20. The Labute approximate surface area is 95.3 Å². The zero-order chi connectivity index (χ0) is 12.1. The molecule has 16 heavy (non-hydrogen) atoms. The summed E-state index contributed by atoms with van der Waals surface area (Å²) < 4.78 is 0. The molecule has 0 spiro atoms. The molecule has 0 aliphatic rings. The van der Waals surface area contributed by atoms with E-state index in [9.17, 15) is 4.79 Å². The third kappa shape index (κ3) is 3.39. The van der Waals surface area contributed by atoms with Gasteiger partial charge >= 0.3 is 5.97 Å². The van der Waals surface area contributed by atoms with Crippen LogP contribution < -0.4 is 0 Å². The van der Waals surface area contributed by atoms with Crippen molar-refractivity contribution in [3.63, 3.8) is 0 Å². The molecular formula is C13H15NO2. The van der Waals surface area contributed by atoms with Crippen LogP contribution in [-0.4, -0.2) is 11.1 Å². The molecule has 0 saturated heterocycles. The molecule has 0 aromatic heterocycles. The van der Waals surface area contributed by atoms with E-state index in [2.05, 4.69) is 0 Å². The van der Waals surface area contributed by atoms with Crippen molar-refractivity contribution in [2.75, 3.05) is 0 Å². The smallest absolute Gasteiger partial charge is 0.304 e. The van der Waals surface area contributed by atoms with Gasteiger partial charge in [0.2, 0.25) is 0 Å². The molecule has 0 aliphatic carbocycles.